The molecule has 1 aromatic heterocycles. The average molecular weight is 484 g/mol. The van der Waals surface area contributed by atoms with Gasteiger partial charge in [0.2, 0.25) is 16.0 Å². The highest BCUT2D eigenvalue weighted by atomic mass is 32.2. The van der Waals surface area contributed by atoms with Gasteiger partial charge in [-0.3, -0.25) is 0 Å². The Kier molecular flexibility index (Phi) is 8.39. The van der Waals surface area contributed by atoms with Crippen LogP contribution in [0.2, 0.25) is 0 Å². The number of amides is 2. The fourth-order valence-corrected chi connectivity index (χ4v) is 3.78. The van der Waals surface area contributed by atoms with Crippen molar-refractivity contribution < 1.29 is 13.2 Å². The van der Waals surface area contributed by atoms with Crippen LogP contribution in [0.4, 0.5) is 33.6 Å². The third-order valence-electron chi connectivity index (χ3n) is 5.01. The minimum Gasteiger partial charge on any atom is -0.338 e. The molecule has 0 bridgehead atoms. The molecule has 11 heteroatoms. The van der Waals surface area contributed by atoms with Gasteiger partial charge in [0.05, 0.1) is 5.75 Å². The number of benzene rings is 2. The Hall–Kier alpha value is -3.70. The molecule has 0 fully saturated rings. The first-order chi connectivity index (χ1) is 16.3. The lowest BCUT2D eigenvalue weighted by Crippen LogP contribution is -2.28. The van der Waals surface area contributed by atoms with Gasteiger partial charge < -0.3 is 20.9 Å². The molecule has 10 nitrogen and oxygen atoms in total. The summed E-state index contributed by atoms with van der Waals surface area (Å²) < 4.78 is 25.5. The number of anilines is 5. The number of urea groups is 1. The molecule has 0 aliphatic rings. The monoisotopic (exact) mass is 483 g/mol. The highest BCUT2D eigenvalue weighted by molar-refractivity contribution is 7.89. The molecule has 4 N–H and O–H groups in total. The van der Waals surface area contributed by atoms with Gasteiger partial charge in [-0.1, -0.05) is 12.1 Å². The van der Waals surface area contributed by atoms with Crippen molar-refractivity contribution in [2.75, 3.05) is 41.9 Å². The Balaban J connectivity index is 1.63. The van der Waals surface area contributed by atoms with Crippen molar-refractivity contribution in [3.8, 4) is 0 Å². The molecule has 3 aromatic rings. The van der Waals surface area contributed by atoms with E-state index in [0.717, 1.165) is 16.9 Å². The number of aromatic nitrogens is 2. The Morgan fingerprint density at radius 3 is 2.32 bits per heavy atom. The Morgan fingerprint density at radius 1 is 1.00 bits per heavy atom. The Morgan fingerprint density at radius 2 is 1.68 bits per heavy atom. The highest BCUT2D eigenvalue weighted by Gasteiger charge is 2.09. The lowest BCUT2D eigenvalue weighted by Gasteiger charge is -2.19. The zero-order chi connectivity index (χ0) is 24.6. The Labute approximate surface area is 199 Å². The van der Waals surface area contributed by atoms with Crippen LogP contribution in [0.5, 0.6) is 0 Å². The van der Waals surface area contributed by atoms with Crippen molar-refractivity contribution in [2.45, 2.75) is 13.3 Å². The molecule has 1 heterocycles. The summed E-state index contributed by atoms with van der Waals surface area (Å²) in [6.07, 6.45) is 2.10. The number of carbonyl (C=O) groups is 1. The van der Waals surface area contributed by atoms with Gasteiger partial charge in [-0.15, -0.1) is 0 Å². The maximum Gasteiger partial charge on any atom is 0.319 e. The first-order valence-electron chi connectivity index (χ1n) is 10.8. The number of sulfonamides is 1. The van der Waals surface area contributed by atoms with Gasteiger partial charge in [-0.25, -0.2) is 22.9 Å². The smallest absolute Gasteiger partial charge is 0.319 e. The zero-order valence-corrected chi connectivity index (χ0v) is 20.2. The van der Waals surface area contributed by atoms with Gasteiger partial charge in [-0.2, -0.15) is 4.98 Å². The van der Waals surface area contributed by atoms with Crippen LogP contribution < -0.4 is 25.6 Å². The summed E-state index contributed by atoms with van der Waals surface area (Å²) in [5, 5.41) is 8.63. The quantitative estimate of drug-likeness (QED) is 0.348. The van der Waals surface area contributed by atoms with Gasteiger partial charge in [0, 0.05) is 36.9 Å². The first kappa shape index (κ1) is 24.9. The van der Waals surface area contributed by atoms with Gasteiger partial charge in [-0.05, 0) is 68.4 Å². The minimum atomic E-state index is -3.23. The van der Waals surface area contributed by atoms with Crippen molar-refractivity contribution in [3.63, 3.8) is 0 Å². The maximum absolute atomic E-state index is 11.7. The van der Waals surface area contributed by atoms with E-state index in [1.807, 2.05) is 67.4 Å². The van der Waals surface area contributed by atoms with E-state index < -0.39 is 10.0 Å². The third-order valence-corrected chi connectivity index (χ3v) is 6.38. The number of rotatable bonds is 10. The number of nitrogens with one attached hydrogen (secondary N) is 4. The predicted octanol–water partition coefficient (Wildman–Crippen LogP) is 3.22. The van der Waals surface area contributed by atoms with Crippen LogP contribution in [0.25, 0.3) is 0 Å². The minimum absolute atomic E-state index is 0.0384. The van der Waals surface area contributed by atoms with Gasteiger partial charge >= 0.3 is 6.03 Å². The van der Waals surface area contributed by atoms with E-state index in [-0.39, 0.29) is 11.8 Å². The van der Waals surface area contributed by atoms with E-state index in [4.69, 9.17) is 0 Å². The second-order valence-corrected chi connectivity index (χ2v) is 9.47. The third kappa shape index (κ3) is 7.15. The fraction of sp³-hybridized carbons (Fsp3) is 0.261. The SMILES string of the molecule is CCNC(=O)Nc1ccc(N(C)c2ccnc(Nc3ccc(CCS(=O)(=O)NC)cc3)n2)cc1. The Bertz CT molecular complexity index is 1200. The van der Waals surface area contributed by atoms with Crippen molar-refractivity contribution >= 4 is 44.9 Å². The van der Waals surface area contributed by atoms with Crippen LogP contribution in [0.15, 0.2) is 60.8 Å². The van der Waals surface area contributed by atoms with Crippen molar-refractivity contribution in [2.24, 2.45) is 0 Å². The molecular formula is C23H29N7O3S. The van der Waals surface area contributed by atoms with Crippen LogP contribution in [0.1, 0.15) is 12.5 Å². The average Bonchev–Trinajstić information content (AvgIpc) is 2.84. The van der Waals surface area contributed by atoms with E-state index in [9.17, 15) is 13.2 Å². The summed E-state index contributed by atoms with van der Waals surface area (Å²) in [6.45, 7) is 2.42. The summed E-state index contributed by atoms with van der Waals surface area (Å²) in [4.78, 5) is 22.4. The van der Waals surface area contributed by atoms with Crippen LogP contribution in [-0.4, -0.2) is 50.8 Å². The molecule has 34 heavy (non-hydrogen) atoms. The summed E-state index contributed by atoms with van der Waals surface area (Å²) in [5.41, 5.74) is 3.30. The molecule has 180 valence electrons. The van der Waals surface area contributed by atoms with Crippen LogP contribution in [-0.2, 0) is 16.4 Å². The van der Waals surface area contributed by atoms with E-state index in [0.29, 0.717) is 30.4 Å². The molecule has 0 atom stereocenters. The summed E-state index contributed by atoms with van der Waals surface area (Å²) in [5.74, 6) is 1.16. The number of nitrogens with zero attached hydrogens (tertiary/aromatic N) is 3. The van der Waals surface area contributed by atoms with Crippen LogP contribution in [0.3, 0.4) is 0 Å². The zero-order valence-electron chi connectivity index (χ0n) is 19.4. The fourth-order valence-electron chi connectivity index (χ4n) is 3.07. The van der Waals surface area contributed by atoms with Crippen LogP contribution >= 0.6 is 0 Å². The molecule has 3 rings (SSSR count). The number of carbonyl (C=O) groups excluding carboxylic acids is 1. The molecular weight excluding hydrogens is 454 g/mol. The van der Waals surface area contributed by atoms with Gasteiger partial charge in [0.1, 0.15) is 5.82 Å². The molecule has 0 saturated carbocycles. The lowest BCUT2D eigenvalue weighted by molar-refractivity contribution is 0.252. The van der Waals surface area contributed by atoms with Crippen molar-refractivity contribution in [1.29, 1.82) is 0 Å². The molecule has 0 aliphatic heterocycles. The molecule has 0 radical (unpaired) electrons. The predicted molar refractivity (Wildman–Crippen MR) is 136 cm³/mol. The highest BCUT2D eigenvalue weighted by Crippen LogP contribution is 2.24. The standard InChI is InChI=1S/C23H29N7O3S/c1-4-25-23(31)28-19-9-11-20(12-10-19)30(3)21-13-15-26-22(29-21)27-18-7-5-17(6-8-18)14-16-34(32,33)24-2/h5-13,15,24H,4,14,16H2,1-3H3,(H2,25,28,31)(H,26,27,29). The molecule has 0 spiro atoms. The lowest BCUT2D eigenvalue weighted by atomic mass is 10.1. The topological polar surface area (TPSA) is 128 Å². The van der Waals surface area contributed by atoms with Crippen molar-refractivity contribution in [1.82, 2.24) is 20.0 Å². The van der Waals surface area contributed by atoms with Gasteiger partial charge in [0.15, 0.2) is 0 Å². The molecule has 0 saturated heterocycles. The molecule has 2 aromatic carbocycles. The van der Waals surface area contributed by atoms with E-state index in [1.54, 1.807) is 12.3 Å². The van der Waals surface area contributed by atoms with E-state index in [2.05, 4.69) is 30.6 Å². The van der Waals surface area contributed by atoms with E-state index in [1.165, 1.54) is 7.05 Å². The van der Waals surface area contributed by atoms with Crippen LogP contribution in [0, 0.1) is 0 Å². The molecule has 2 amide bonds. The summed E-state index contributed by atoms with van der Waals surface area (Å²) in [7, 11) is 0.0724. The number of aryl methyl sites for hydroxylation is 1. The van der Waals surface area contributed by atoms with Crippen molar-refractivity contribution in [3.05, 3.63) is 66.4 Å². The normalized spacial score (nSPS) is 11.0. The number of hydrogen-bond donors (Lipinski definition) is 4. The maximum atomic E-state index is 11.7. The molecule has 0 unspecified atom stereocenters. The largest absolute Gasteiger partial charge is 0.338 e. The van der Waals surface area contributed by atoms with Gasteiger partial charge in [0.25, 0.3) is 0 Å². The van der Waals surface area contributed by atoms with E-state index >= 15 is 0 Å². The summed E-state index contributed by atoms with van der Waals surface area (Å²) >= 11 is 0. The second-order valence-electron chi connectivity index (χ2n) is 7.42. The summed E-state index contributed by atoms with van der Waals surface area (Å²) in [6, 6.07) is 16.5. The first-order valence-corrected chi connectivity index (χ1v) is 12.4. The number of hydrogen-bond acceptors (Lipinski definition) is 7. The second kappa shape index (κ2) is 11.4. The molecule has 0 aliphatic carbocycles.